The van der Waals surface area contributed by atoms with Crippen molar-refractivity contribution in [2.24, 2.45) is 0 Å². The molecule has 2 atom stereocenters. The average molecular weight is 292 g/mol. The highest BCUT2D eigenvalue weighted by Gasteiger charge is 2.40. The van der Waals surface area contributed by atoms with E-state index in [0.717, 1.165) is 24.3 Å². The molecule has 1 aromatic rings. The molecule has 2 saturated heterocycles. The van der Waals surface area contributed by atoms with Crippen molar-refractivity contribution in [1.82, 2.24) is 10.2 Å². The SMILES string of the molecule is O=C(O)c1ccc(CNC(=O)N2C[C@@H]3C[C@H]2CS3)cc1. The van der Waals surface area contributed by atoms with Gasteiger partial charge in [-0.1, -0.05) is 12.1 Å². The van der Waals surface area contributed by atoms with Crippen LogP contribution in [0.5, 0.6) is 0 Å². The van der Waals surface area contributed by atoms with E-state index in [9.17, 15) is 9.59 Å². The number of carbonyl (C=O) groups excluding carboxylic acids is 1. The van der Waals surface area contributed by atoms with Gasteiger partial charge in [0.05, 0.1) is 5.56 Å². The summed E-state index contributed by atoms with van der Waals surface area (Å²) in [5.74, 6) is 0.108. The first-order valence-corrected chi connectivity index (χ1v) is 7.66. The van der Waals surface area contributed by atoms with Gasteiger partial charge in [-0.3, -0.25) is 0 Å². The number of carboxylic acids is 1. The molecule has 5 nitrogen and oxygen atoms in total. The highest BCUT2D eigenvalue weighted by molar-refractivity contribution is 8.00. The molecule has 2 amide bonds. The summed E-state index contributed by atoms with van der Waals surface area (Å²) in [4.78, 5) is 24.8. The van der Waals surface area contributed by atoms with Crippen LogP contribution in [0.15, 0.2) is 24.3 Å². The number of thioether (sulfide) groups is 1. The Kier molecular flexibility index (Phi) is 3.56. The van der Waals surface area contributed by atoms with Crippen molar-refractivity contribution in [3.63, 3.8) is 0 Å². The molecule has 0 unspecified atom stereocenters. The van der Waals surface area contributed by atoms with Crippen LogP contribution in [-0.4, -0.2) is 45.6 Å². The van der Waals surface area contributed by atoms with Crippen LogP contribution in [0, 0.1) is 0 Å². The Hall–Kier alpha value is -1.69. The third kappa shape index (κ3) is 2.60. The van der Waals surface area contributed by atoms with Gasteiger partial charge in [-0.25, -0.2) is 9.59 Å². The lowest BCUT2D eigenvalue weighted by molar-refractivity contribution is 0.0697. The summed E-state index contributed by atoms with van der Waals surface area (Å²) < 4.78 is 0. The lowest BCUT2D eigenvalue weighted by atomic mass is 10.1. The van der Waals surface area contributed by atoms with Crippen molar-refractivity contribution in [3.05, 3.63) is 35.4 Å². The van der Waals surface area contributed by atoms with Gasteiger partial charge in [-0.2, -0.15) is 11.8 Å². The highest BCUT2D eigenvalue weighted by Crippen LogP contribution is 2.37. The Balaban J connectivity index is 1.54. The molecule has 1 aromatic carbocycles. The van der Waals surface area contributed by atoms with E-state index in [1.807, 2.05) is 16.7 Å². The zero-order chi connectivity index (χ0) is 14.1. The van der Waals surface area contributed by atoms with Gasteiger partial charge < -0.3 is 15.3 Å². The van der Waals surface area contributed by atoms with E-state index in [0.29, 0.717) is 17.8 Å². The summed E-state index contributed by atoms with van der Waals surface area (Å²) in [5.41, 5.74) is 1.16. The molecule has 0 spiro atoms. The molecular weight excluding hydrogens is 276 g/mol. The number of carbonyl (C=O) groups is 2. The quantitative estimate of drug-likeness (QED) is 0.891. The topological polar surface area (TPSA) is 69.6 Å². The second-order valence-corrected chi connectivity index (χ2v) is 6.49. The van der Waals surface area contributed by atoms with Crippen LogP contribution in [0.25, 0.3) is 0 Å². The molecule has 2 N–H and O–H groups in total. The zero-order valence-corrected chi connectivity index (χ0v) is 11.7. The fraction of sp³-hybridized carbons (Fsp3) is 0.429. The van der Waals surface area contributed by atoms with Crippen LogP contribution in [-0.2, 0) is 6.54 Å². The summed E-state index contributed by atoms with van der Waals surface area (Å²) >= 11 is 1.95. The second-order valence-electron chi connectivity index (χ2n) is 5.16. The lowest BCUT2D eigenvalue weighted by Gasteiger charge is -2.26. The normalized spacial score (nSPS) is 23.9. The van der Waals surface area contributed by atoms with E-state index < -0.39 is 5.97 Å². The number of nitrogens with zero attached hydrogens (tertiary/aromatic N) is 1. The number of fused-ring (bicyclic) bond motifs is 2. The maximum absolute atomic E-state index is 12.1. The monoisotopic (exact) mass is 292 g/mol. The van der Waals surface area contributed by atoms with Gasteiger partial charge in [0.1, 0.15) is 0 Å². The van der Waals surface area contributed by atoms with E-state index >= 15 is 0 Å². The number of amides is 2. The van der Waals surface area contributed by atoms with E-state index in [4.69, 9.17) is 5.11 Å². The Labute approximate surface area is 121 Å². The van der Waals surface area contributed by atoms with E-state index in [1.54, 1.807) is 24.3 Å². The Morgan fingerprint density at radius 1 is 1.35 bits per heavy atom. The predicted octanol–water partition coefficient (Wildman–Crippen LogP) is 1.78. The van der Waals surface area contributed by atoms with Gasteiger partial charge in [-0.15, -0.1) is 0 Å². The molecule has 0 aromatic heterocycles. The van der Waals surface area contributed by atoms with Crippen molar-refractivity contribution in [3.8, 4) is 0 Å². The highest BCUT2D eigenvalue weighted by atomic mass is 32.2. The zero-order valence-electron chi connectivity index (χ0n) is 10.9. The van der Waals surface area contributed by atoms with Crippen molar-refractivity contribution >= 4 is 23.8 Å². The number of likely N-dealkylation sites (tertiary alicyclic amines) is 1. The van der Waals surface area contributed by atoms with Crippen molar-refractivity contribution < 1.29 is 14.7 Å². The Bertz CT molecular complexity index is 532. The molecule has 2 fully saturated rings. The van der Waals surface area contributed by atoms with Gasteiger partial charge in [-0.05, 0) is 24.1 Å². The molecule has 3 rings (SSSR count). The largest absolute Gasteiger partial charge is 0.478 e. The van der Waals surface area contributed by atoms with Gasteiger partial charge >= 0.3 is 12.0 Å². The number of hydrogen-bond donors (Lipinski definition) is 2. The molecule has 0 radical (unpaired) electrons. The number of carboxylic acid groups (broad SMARTS) is 1. The molecule has 6 heteroatoms. The Morgan fingerprint density at radius 2 is 2.10 bits per heavy atom. The van der Waals surface area contributed by atoms with Crippen LogP contribution >= 0.6 is 11.8 Å². The molecule has 2 bridgehead atoms. The van der Waals surface area contributed by atoms with Gasteiger partial charge in [0, 0.05) is 30.1 Å². The van der Waals surface area contributed by atoms with Crippen LogP contribution in [0.1, 0.15) is 22.3 Å². The maximum Gasteiger partial charge on any atom is 0.335 e. The van der Waals surface area contributed by atoms with Crippen LogP contribution in [0.4, 0.5) is 4.79 Å². The molecular formula is C14H16N2O3S. The number of urea groups is 1. The number of hydrogen-bond acceptors (Lipinski definition) is 3. The number of nitrogens with one attached hydrogen (secondary N) is 1. The first kappa shape index (κ1) is 13.3. The Morgan fingerprint density at radius 3 is 2.65 bits per heavy atom. The molecule has 0 saturated carbocycles. The third-order valence-electron chi connectivity index (χ3n) is 3.81. The predicted molar refractivity (Wildman–Crippen MR) is 77.0 cm³/mol. The summed E-state index contributed by atoms with van der Waals surface area (Å²) in [7, 11) is 0. The first-order valence-electron chi connectivity index (χ1n) is 6.62. The molecule has 106 valence electrons. The van der Waals surface area contributed by atoms with Gasteiger partial charge in [0.25, 0.3) is 0 Å². The van der Waals surface area contributed by atoms with Crippen LogP contribution in [0.3, 0.4) is 0 Å². The minimum Gasteiger partial charge on any atom is -0.478 e. The summed E-state index contributed by atoms with van der Waals surface area (Å²) in [6.07, 6.45) is 1.12. The number of rotatable bonds is 3. The van der Waals surface area contributed by atoms with Crippen molar-refractivity contribution in [2.45, 2.75) is 24.3 Å². The van der Waals surface area contributed by atoms with Crippen molar-refractivity contribution in [2.75, 3.05) is 12.3 Å². The number of aromatic carboxylic acids is 1. The average Bonchev–Trinajstić information content (AvgIpc) is 3.08. The number of benzene rings is 1. The molecule has 20 heavy (non-hydrogen) atoms. The van der Waals surface area contributed by atoms with Gasteiger partial charge in [0.2, 0.25) is 0 Å². The van der Waals surface area contributed by atoms with E-state index in [-0.39, 0.29) is 11.6 Å². The minimum atomic E-state index is -0.939. The third-order valence-corrected chi connectivity index (χ3v) is 5.20. The summed E-state index contributed by atoms with van der Waals surface area (Å²) in [6.45, 7) is 1.28. The summed E-state index contributed by atoms with van der Waals surface area (Å²) in [5, 5.41) is 12.3. The molecule has 2 aliphatic rings. The standard InChI is InChI=1S/C14H16N2O3S/c17-13(18)10-3-1-9(2-4-10)6-15-14(19)16-7-12-5-11(16)8-20-12/h1-4,11-12H,5-8H2,(H,15,19)(H,17,18)/t11-,12-/m0/s1. The summed E-state index contributed by atoms with van der Waals surface area (Å²) in [6, 6.07) is 6.95. The lowest BCUT2D eigenvalue weighted by Crippen LogP contribution is -2.45. The smallest absolute Gasteiger partial charge is 0.335 e. The molecule has 0 aliphatic carbocycles. The van der Waals surface area contributed by atoms with Gasteiger partial charge in [0.15, 0.2) is 0 Å². The van der Waals surface area contributed by atoms with Crippen LogP contribution < -0.4 is 5.32 Å². The fourth-order valence-electron chi connectivity index (χ4n) is 2.69. The van der Waals surface area contributed by atoms with Crippen LogP contribution in [0.2, 0.25) is 0 Å². The minimum absolute atomic E-state index is 0.0138. The van der Waals surface area contributed by atoms with E-state index in [2.05, 4.69) is 5.32 Å². The van der Waals surface area contributed by atoms with Crippen molar-refractivity contribution in [1.29, 1.82) is 0 Å². The first-order chi connectivity index (χ1) is 9.63. The maximum atomic E-state index is 12.1. The second kappa shape index (κ2) is 5.36. The molecule has 2 heterocycles. The molecule has 2 aliphatic heterocycles. The fourth-order valence-corrected chi connectivity index (χ4v) is 4.13. The van der Waals surface area contributed by atoms with E-state index in [1.165, 1.54) is 0 Å².